The van der Waals surface area contributed by atoms with Crippen LogP contribution >= 0.6 is 23.2 Å². The molecule has 1 aliphatic heterocycles. The zero-order valence-electron chi connectivity index (χ0n) is 18.5. The third-order valence-electron chi connectivity index (χ3n) is 5.92. The summed E-state index contributed by atoms with van der Waals surface area (Å²) in [5, 5.41) is 5.30. The second-order valence-corrected chi connectivity index (χ2v) is 8.96. The Morgan fingerprint density at radius 2 is 1.74 bits per heavy atom. The van der Waals surface area contributed by atoms with Gasteiger partial charge in [0.15, 0.2) is 0 Å². The van der Waals surface area contributed by atoms with Gasteiger partial charge in [0.05, 0.1) is 0 Å². The topological polar surface area (TPSA) is 66.6 Å². The Bertz CT molecular complexity index is 1320. The van der Waals surface area contributed by atoms with Crippen molar-refractivity contribution in [2.75, 3.05) is 20.3 Å². The van der Waals surface area contributed by atoms with Gasteiger partial charge in [-0.05, 0) is 79.2 Å². The van der Waals surface area contributed by atoms with Gasteiger partial charge in [0.1, 0.15) is 24.3 Å². The van der Waals surface area contributed by atoms with Crippen LogP contribution in [0.1, 0.15) is 22.9 Å². The van der Waals surface area contributed by atoms with Crippen molar-refractivity contribution in [1.82, 2.24) is 15.2 Å². The van der Waals surface area contributed by atoms with E-state index >= 15 is 0 Å². The fraction of sp³-hybridized carbons (Fsp3) is 0.192. The molecule has 4 aromatic rings. The summed E-state index contributed by atoms with van der Waals surface area (Å²) in [7, 11) is 1.82. The lowest BCUT2D eigenvalue weighted by molar-refractivity contribution is 0.135. The maximum atomic E-state index is 13.3. The van der Waals surface area contributed by atoms with Crippen LogP contribution in [0.4, 0.5) is 4.79 Å². The third-order valence-corrected chi connectivity index (χ3v) is 6.41. The molecule has 1 unspecified atom stereocenters. The lowest BCUT2D eigenvalue weighted by atomic mass is 9.92. The first-order valence-electron chi connectivity index (χ1n) is 10.9. The number of carbonyl (C=O) groups excluding carboxylic acids is 1. The molecule has 2 N–H and O–H groups in total. The first kappa shape index (κ1) is 22.6. The number of fused-ring (bicyclic) bond motifs is 3. The van der Waals surface area contributed by atoms with Crippen molar-refractivity contribution in [2.45, 2.75) is 12.5 Å². The van der Waals surface area contributed by atoms with Crippen molar-refractivity contribution in [3.05, 3.63) is 93.6 Å². The van der Waals surface area contributed by atoms with E-state index in [4.69, 9.17) is 32.7 Å². The fourth-order valence-corrected chi connectivity index (χ4v) is 4.67. The summed E-state index contributed by atoms with van der Waals surface area (Å²) in [6, 6.07) is 20.0. The highest BCUT2D eigenvalue weighted by molar-refractivity contribution is 6.31. The fourth-order valence-electron chi connectivity index (χ4n) is 4.37. The van der Waals surface area contributed by atoms with Crippen LogP contribution in [-0.2, 0) is 6.42 Å². The molecule has 6 nitrogen and oxygen atoms in total. The molecule has 5 rings (SSSR count). The molecule has 0 spiro atoms. The first-order valence-corrected chi connectivity index (χ1v) is 11.7. The molecular formula is C26H23Cl2N3O3. The zero-order valence-corrected chi connectivity index (χ0v) is 20.0. The van der Waals surface area contributed by atoms with Crippen molar-refractivity contribution in [3.8, 4) is 11.5 Å². The van der Waals surface area contributed by atoms with Crippen molar-refractivity contribution in [3.63, 3.8) is 0 Å². The Hall–Kier alpha value is -3.19. The minimum absolute atomic E-state index is 0.354. The largest absolute Gasteiger partial charge is 0.478 e. The van der Waals surface area contributed by atoms with Gasteiger partial charge in [-0.1, -0.05) is 35.3 Å². The molecule has 1 aliphatic rings. The number of halogens is 2. The number of rotatable bonds is 5. The summed E-state index contributed by atoms with van der Waals surface area (Å²) in [6.45, 7) is 0.913. The summed E-state index contributed by atoms with van der Waals surface area (Å²) < 4.78 is 11.3. The Morgan fingerprint density at radius 3 is 2.47 bits per heavy atom. The second-order valence-electron chi connectivity index (χ2n) is 8.09. The van der Waals surface area contributed by atoms with E-state index < -0.39 is 6.09 Å². The molecular weight excluding hydrogens is 473 g/mol. The van der Waals surface area contributed by atoms with Crippen LogP contribution in [0.3, 0.4) is 0 Å². The molecule has 2 heterocycles. The van der Waals surface area contributed by atoms with Crippen molar-refractivity contribution >= 4 is 40.2 Å². The van der Waals surface area contributed by atoms with E-state index in [1.165, 1.54) is 0 Å². The van der Waals surface area contributed by atoms with Gasteiger partial charge >= 0.3 is 6.09 Å². The number of hydrogen-bond acceptors (Lipinski definition) is 4. The molecule has 0 aliphatic carbocycles. The Labute approximate surface area is 207 Å². The molecule has 1 aromatic heterocycles. The molecule has 0 saturated heterocycles. The Morgan fingerprint density at radius 1 is 1.03 bits per heavy atom. The summed E-state index contributed by atoms with van der Waals surface area (Å²) >= 11 is 12.3. The van der Waals surface area contributed by atoms with Gasteiger partial charge in [-0.25, -0.2) is 4.79 Å². The van der Waals surface area contributed by atoms with E-state index in [1.807, 2.05) is 49.5 Å². The van der Waals surface area contributed by atoms with Gasteiger partial charge in [-0.3, -0.25) is 10.2 Å². The highest BCUT2D eigenvalue weighted by atomic mass is 35.5. The van der Waals surface area contributed by atoms with Gasteiger partial charge in [0.2, 0.25) is 0 Å². The molecule has 0 radical (unpaired) electrons. The van der Waals surface area contributed by atoms with E-state index in [1.54, 1.807) is 29.2 Å². The predicted molar refractivity (Wildman–Crippen MR) is 134 cm³/mol. The van der Waals surface area contributed by atoms with Crippen LogP contribution in [0.5, 0.6) is 11.5 Å². The highest BCUT2D eigenvalue weighted by Gasteiger charge is 2.35. The van der Waals surface area contributed by atoms with Gasteiger partial charge in [0.25, 0.3) is 0 Å². The summed E-state index contributed by atoms with van der Waals surface area (Å²) in [5.74, 6) is 1.19. The molecule has 0 bridgehead atoms. The zero-order chi connectivity index (χ0) is 23.7. The van der Waals surface area contributed by atoms with E-state index in [0.29, 0.717) is 35.5 Å². The molecule has 34 heavy (non-hydrogen) atoms. The van der Waals surface area contributed by atoms with Crippen molar-refractivity contribution in [2.24, 2.45) is 0 Å². The number of nitrogens with one attached hydrogen (secondary N) is 2. The molecule has 3 aromatic carbocycles. The highest BCUT2D eigenvalue weighted by Crippen LogP contribution is 2.40. The van der Waals surface area contributed by atoms with Crippen LogP contribution in [0, 0.1) is 0 Å². The monoisotopic (exact) mass is 495 g/mol. The lowest BCUT2D eigenvalue weighted by Crippen LogP contribution is -2.42. The quantitative estimate of drug-likeness (QED) is 0.324. The van der Waals surface area contributed by atoms with E-state index in [2.05, 4.69) is 10.3 Å². The molecule has 0 saturated carbocycles. The predicted octanol–water partition coefficient (Wildman–Crippen LogP) is 6.18. The number of nitrogens with zero attached hydrogens (tertiary/aromatic N) is 1. The average Bonchev–Trinajstić information content (AvgIpc) is 3.21. The minimum atomic E-state index is -0.426. The maximum absolute atomic E-state index is 13.3. The van der Waals surface area contributed by atoms with Crippen LogP contribution in [0.25, 0.3) is 10.9 Å². The molecule has 1 amide bonds. The summed E-state index contributed by atoms with van der Waals surface area (Å²) in [5.41, 5.74) is 4.05. The number of amides is 1. The third kappa shape index (κ3) is 4.44. The smallest absolute Gasteiger partial charge is 0.416 e. The second kappa shape index (κ2) is 9.58. The van der Waals surface area contributed by atoms with E-state index in [9.17, 15) is 4.79 Å². The standard InChI is InChI=1S/C26H23Cl2N3O3/c1-29-15-33-19-7-2-16(3-8-19)25-24-21(22-14-18(28)6-11-23(22)30-24)12-13-31(25)26(32)34-20-9-4-17(27)5-10-20/h2-11,14,25,29-30H,12-13,15H2,1H3. The number of carbonyl (C=O) groups is 1. The number of ether oxygens (including phenoxy) is 2. The van der Waals surface area contributed by atoms with Crippen molar-refractivity contribution in [1.29, 1.82) is 0 Å². The molecule has 8 heteroatoms. The van der Waals surface area contributed by atoms with E-state index in [-0.39, 0.29) is 6.04 Å². The Kier molecular flexibility index (Phi) is 6.37. The lowest BCUT2D eigenvalue weighted by Gasteiger charge is -2.35. The minimum Gasteiger partial charge on any atom is -0.478 e. The van der Waals surface area contributed by atoms with Crippen LogP contribution in [0.15, 0.2) is 66.7 Å². The van der Waals surface area contributed by atoms with E-state index in [0.717, 1.165) is 33.5 Å². The number of hydrogen-bond donors (Lipinski definition) is 2. The number of benzene rings is 3. The van der Waals surface area contributed by atoms with Gasteiger partial charge in [-0.2, -0.15) is 0 Å². The average molecular weight is 496 g/mol. The van der Waals surface area contributed by atoms with Crippen molar-refractivity contribution < 1.29 is 14.3 Å². The van der Waals surface area contributed by atoms with Gasteiger partial charge in [0, 0.05) is 33.2 Å². The van der Waals surface area contributed by atoms with Gasteiger partial charge < -0.3 is 14.5 Å². The number of aromatic amines is 1. The number of aromatic nitrogens is 1. The number of H-pyrrole nitrogens is 1. The van der Waals surface area contributed by atoms with Gasteiger partial charge in [-0.15, -0.1) is 0 Å². The molecule has 1 atom stereocenters. The summed E-state index contributed by atoms with van der Waals surface area (Å²) in [4.78, 5) is 18.6. The van der Waals surface area contributed by atoms with Crippen LogP contribution in [0.2, 0.25) is 10.0 Å². The van der Waals surface area contributed by atoms with Crippen LogP contribution in [-0.4, -0.2) is 36.3 Å². The molecule has 0 fully saturated rings. The molecule has 174 valence electrons. The normalized spacial score (nSPS) is 15.3. The van der Waals surface area contributed by atoms with Crippen LogP contribution < -0.4 is 14.8 Å². The first-order chi connectivity index (χ1) is 16.5. The SMILES string of the molecule is CNCOc1ccc(C2c3[nH]c4ccc(Cl)cc4c3CCN2C(=O)Oc2ccc(Cl)cc2)cc1. The Balaban J connectivity index is 1.53. The summed E-state index contributed by atoms with van der Waals surface area (Å²) in [6.07, 6.45) is 0.260. The maximum Gasteiger partial charge on any atom is 0.416 e.